The lowest BCUT2D eigenvalue weighted by atomic mass is 9.90. The lowest BCUT2D eigenvalue weighted by Crippen LogP contribution is -2.40. The summed E-state index contributed by atoms with van der Waals surface area (Å²) in [6.07, 6.45) is 2.70. The molecule has 4 nitrogen and oxygen atoms in total. The monoisotopic (exact) mass is 372 g/mol. The quantitative estimate of drug-likeness (QED) is 0.842. The first-order valence-electron chi connectivity index (χ1n) is 9.84. The molecule has 1 saturated heterocycles. The molecule has 0 bridgehead atoms. The molecule has 4 heteroatoms. The second-order valence-corrected chi connectivity index (χ2v) is 7.73. The van der Waals surface area contributed by atoms with Crippen LogP contribution >= 0.6 is 0 Å². The Hall–Kier alpha value is -3.06. The van der Waals surface area contributed by atoms with Crippen molar-refractivity contribution in [3.63, 3.8) is 0 Å². The van der Waals surface area contributed by atoms with Gasteiger partial charge in [0.05, 0.1) is 0 Å². The van der Waals surface area contributed by atoms with Crippen molar-refractivity contribution >= 4 is 11.8 Å². The Bertz CT molecular complexity index is 904. The van der Waals surface area contributed by atoms with Gasteiger partial charge in [0.2, 0.25) is 5.91 Å². The highest BCUT2D eigenvalue weighted by Gasteiger charge is 2.58. The summed E-state index contributed by atoms with van der Waals surface area (Å²) >= 11 is 0. The van der Waals surface area contributed by atoms with Gasteiger partial charge in [-0.25, -0.2) is 0 Å². The van der Waals surface area contributed by atoms with Crippen LogP contribution in [0.4, 0.5) is 0 Å². The Kier molecular flexibility index (Phi) is 5.16. The van der Waals surface area contributed by atoms with Crippen LogP contribution < -0.4 is 5.32 Å². The summed E-state index contributed by atoms with van der Waals surface area (Å²) < 4.78 is 0. The van der Waals surface area contributed by atoms with Crippen molar-refractivity contribution in [3.05, 3.63) is 71.8 Å². The number of piperidine rings is 1. The van der Waals surface area contributed by atoms with E-state index in [1.165, 1.54) is 0 Å². The molecule has 1 unspecified atom stereocenters. The summed E-state index contributed by atoms with van der Waals surface area (Å²) in [6.45, 7) is 1.95. The number of nitrogens with zero attached hydrogens (tertiary/aromatic N) is 1. The summed E-state index contributed by atoms with van der Waals surface area (Å²) in [6, 6.07) is 19.5. The van der Waals surface area contributed by atoms with Gasteiger partial charge >= 0.3 is 0 Å². The molecule has 2 aromatic carbocycles. The maximum Gasteiger partial charge on any atom is 0.298 e. The fourth-order valence-corrected chi connectivity index (χ4v) is 4.06. The van der Waals surface area contributed by atoms with Crippen molar-refractivity contribution in [1.82, 2.24) is 10.2 Å². The van der Waals surface area contributed by atoms with Gasteiger partial charge in [-0.1, -0.05) is 54.5 Å². The van der Waals surface area contributed by atoms with Gasteiger partial charge in [0.1, 0.15) is 0 Å². The van der Waals surface area contributed by atoms with Gasteiger partial charge in [0, 0.05) is 37.0 Å². The highest BCUT2D eigenvalue weighted by molar-refractivity contribution is 5.94. The Morgan fingerprint density at radius 2 is 1.64 bits per heavy atom. The first kappa shape index (κ1) is 18.3. The van der Waals surface area contributed by atoms with E-state index in [1.54, 1.807) is 0 Å². The highest BCUT2D eigenvalue weighted by Crippen LogP contribution is 2.59. The Labute approximate surface area is 165 Å². The van der Waals surface area contributed by atoms with Crippen LogP contribution in [0.15, 0.2) is 60.7 Å². The van der Waals surface area contributed by atoms with Crippen molar-refractivity contribution in [2.24, 2.45) is 11.3 Å². The molecule has 1 aliphatic heterocycles. The zero-order chi connectivity index (χ0) is 19.4. The normalized spacial score (nSPS) is 19.4. The van der Waals surface area contributed by atoms with Gasteiger partial charge in [0.15, 0.2) is 0 Å². The first-order valence-corrected chi connectivity index (χ1v) is 9.84. The zero-order valence-corrected chi connectivity index (χ0v) is 15.9. The summed E-state index contributed by atoms with van der Waals surface area (Å²) in [5, 5.41) is 3.06. The van der Waals surface area contributed by atoms with Crippen LogP contribution in [-0.4, -0.2) is 29.8 Å². The van der Waals surface area contributed by atoms with Crippen LogP contribution in [-0.2, 0) is 16.1 Å². The molecule has 142 valence electrons. The fourth-order valence-electron chi connectivity index (χ4n) is 4.06. The predicted octanol–water partition coefficient (Wildman–Crippen LogP) is 2.98. The second-order valence-electron chi connectivity index (χ2n) is 7.73. The third-order valence-corrected chi connectivity index (χ3v) is 5.95. The third kappa shape index (κ3) is 4.09. The molecule has 2 fully saturated rings. The number of nitrogens with one attached hydrogen (secondary N) is 1. The van der Waals surface area contributed by atoms with E-state index in [0.717, 1.165) is 30.4 Å². The zero-order valence-electron chi connectivity index (χ0n) is 15.9. The van der Waals surface area contributed by atoms with Gasteiger partial charge in [-0.2, -0.15) is 0 Å². The molecular weight excluding hydrogens is 348 g/mol. The van der Waals surface area contributed by atoms with Gasteiger partial charge < -0.3 is 10.2 Å². The smallest absolute Gasteiger partial charge is 0.298 e. The van der Waals surface area contributed by atoms with Crippen LogP contribution in [0.1, 0.15) is 30.4 Å². The third-order valence-electron chi connectivity index (χ3n) is 5.95. The van der Waals surface area contributed by atoms with Crippen molar-refractivity contribution in [2.45, 2.75) is 25.8 Å². The molecule has 1 spiro atoms. The number of benzene rings is 2. The van der Waals surface area contributed by atoms with Crippen LogP contribution in [0, 0.1) is 23.2 Å². The summed E-state index contributed by atoms with van der Waals surface area (Å²) in [5.41, 5.74) is 2.05. The maximum absolute atomic E-state index is 12.5. The maximum atomic E-state index is 12.5. The average Bonchev–Trinajstić information content (AvgIpc) is 3.45. The highest BCUT2D eigenvalue weighted by atomic mass is 16.2. The number of likely N-dealkylation sites (tertiary alicyclic amines) is 1. The molecular formula is C24H24N2O2. The molecule has 1 atom stereocenters. The van der Waals surface area contributed by atoms with Crippen molar-refractivity contribution in [3.8, 4) is 11.8 Å². The number of carbonyl (C=O) groups is 2. The molecule has 1 saturated carbocycles. The minimum atomic E-state index is -0.121. The van der Waals surface area contributed by atoms with Crippen molar-refractivity contribution in [2.75, 3.05) is 13.1 Å². The number of rotatable bonds is 3. The standard InChI is InChI=1S/C24H24N2O2/c27-22(12-11-19-7-3-1-4-8-19)26-15-13-24(14-16-26)17-21(24)23(28)25-18-20-9-5-2-6-10-20/h1-10,21H,13-18H2,(H,25,28). The molecule has 28 heavy (non-hydrogen) atoms. The second kappa shape index (κ2) is 7.90. The average molecular weight is 372 g/mol. The molecule has 4 rings (SSSR count). The predicted molar refractivity (Wildman–Crippen MR) is 108 cm³/mol. The van der Waals surface area contributed by atoms with E-state index in [4.69, 9.17) is 0 Å². The number of hydrogen-bond donors (Lipinski definition) is 1. The summed E-state index contributed by atoms with van der Waals surface area (Å²) in [4.78, 5) is 26.7. The van der Waals surface area contributed by atoms with Gasteiger partial charge in [-0.3, -0.25) is 9.59 Å². The largest absolute Gasteiger partial charge is 0.352 e. The van der Waals surface area contributed by atoms with Crippen LogP contribution in [0.3, 0.4) is 0 Å². The van der Waals surface area contributed by atoms with E-state index in [1.807, 2.05) is 65.6 Å². The molecule has 2 aromatic rings. The summed E-state index contributed by atoms with van der Waals surface area (Å²) in [7, 11) is 0. The molecule has 0 radical (unpaired) electrons. The molecule has 2 aliphatic rings. The van der Waals surface area contributed by atoms with Crippen LogP contribution in [0.2, 0.25) is 0 Å². The molecule has 1 heterocycles. The molecule has 1 N–H and O–H groups in total. The number of amides is 2. The molecule has 2 amide bonds. The lowest BCUT2D eigenvalue weighted by molar-refractivity contribution is -0.127. The first-order chi connectivity index (χ1) is 13.7. The Morgan fingerprint density at radius 1 is 1.00 bits per heavy atom. The van der Waals surface area contributed by atoms with Gasteiger partial charge in [0.25, 0.3) is 5.91 Å². The topological polar surface area (TPSA) is 49.4 Å². The minimum absolute atomic E-state index is 0.0869. The lowest BCUT2D eigenvalue weighted by Gasteiger charge is -2.31. The van der Waals surface area contributed by atoms with Crippen molar-refractivity contribution < 1.29 is 9.59 Å². The van der Waals surface area contributed by atoms with E-state index < -0.39 is 0 Å². The van der Waals surface area contributed by atoms with Crippen LogP contribution in [0.25, 0.3) is 0 Å². The van der Waals surface area contributed by atoms with E-state index in [0.29, 0.717) is 19.6 Å². The van der Waals surface area contributed by atoms with Crippen LogP contribution in [0.5, 0.6) is 0 Å². The van der Waals surface area contributed by atoms with Gasteiger partial charge in [-0.15, -0.1) is 0 Å². The Morgan fingerprint density at radius 3 is 2.32 bits per heavy atom. The fraction of sp³-hybridized carbons (Fsp3) is 0.333. The Balaban J connectivity index is 1.26. The van der Waals surface area contributed by atoms with E-state index in [9.17, 15) is 9.59 Å². The van der Waals surface area contributed by atoms with E-state index in [-0.39, 0.29) is 23.1 Å². The minimum Gasteiger partial charge on any atom is -0.352 e. The SMILES string of the molecule is O=C(NCc1ccccc1)C1CC12CCN(C(=O)C#Cc1ccccc1)CC2. The molecule has 0 aromatic heterocycles. The van der Waals surface area contributed by atoms with E-state index >= 15 is 0 Å². The van der Waals surface area contributed by atoms with Crippen molar-refractivity contribution in [1.29, 1.82) is 0 Å². The van der Waals surface area contributed by atoms with E-state index in [2.05, 4.69) is 17.2 Å². The summed E-state index contributed by atoms with van der Waals surface area (Å²) in [5.74, 6) is 5.79. The number of hydrogen-bond acceptors (Lipinski definition) is 2. The van der Waals surface area contributed by atoms with Gasteiger partial charge in [-0.05, 0) is 42.4 Å². The molecule has 1 aliphatic carbocycles. The number of carbonyl (C=O) groups excluding carboxylic acids is 2.